The Morgan fingerprint density at radius 1 is 1.14 bits per heavy atom. The first-order chi connectivity index (χ1) is 10.0. The van der Waals surface area contributed by atoms with Crippen LogP contribution in [-0.2, 0) is 6.42 Å². The normalized spacial score (nSPS) is 22.7. The number of fused-ring (bicyclic) bond motifs is 1. The molecule has 21 heavy (non-hydrogen) atoms. The highest BCUT2D eigenvalue weighted by Crippen LogP contribution is 2.33. The van der Waals surface area contributed by atoms with Gasteiger partial charge in [-0.25, -0.2) is 5.01 Å². The molecule has 0 bridgehead atoms. The van der Waals surface area contributed by atoms with Gasteiger partial charge in [0.1, 0.15) is 0 Å². The molecule has 0 fully saturated rings. The lowest BCUT2D eigenvalue weighted by Gasteiger charge is -2.29. The van der Waals surface area contributed by atoms with Crippen molar-refractivity contribution in [1.29, 1.82) is 0 Å². The zero-order chi connectivity index (χ0) is 15.0. The largest absolute Gasteiger partial charge is 0.251 e. The van der Waals surface area contributed by atoms with Crippen LogP contribution in [0.15, 0.2) is 42.5 Å². The van der Waals surface area contributed by atoms with Gasteiger partial charge in [0.15, 0.2) is 0 Å². The summed E-state index contributed by atoms with van der Waals surface area (Å²) in [6.45, 7) is 4.38. The number of nitrogens with one attached hydrogen (secondary N) is 1. The van der Waals surface area contributed by atoms with Crippen molar-refractivity contribution in [3.8, 4) is 0 Å². The molecule has 0 saturated carbocycles. The number of hydrogen-bond donors (Lipinski definition) is 1. The number of aryl methyl sites for hydroxylation is 1. The van der Waals surface area contributed by atoms with Crippen molar-refractivity contribution in [1.82, 2.24) is 10.4 Å². The molecule has 3 heteroatoms. The van der Waals surface area contributed by atoms with Crippen molar-refractivity contribution in [2.45, 2.75) is 32.4 Å². The third-order valence-corrected chi connectivity index (χ3v) is 4.37. The van der Waals surface area contributed by atoms with Crippen LogP contribution < -0.4 is 5.43 Å². The molecule has 1 heterocycles. The summed E-state index contributed by atoms with van der Waals surface area (Å²) in [4.78, 5) is 0. The average molecular weight is 301 g/mol. The van der Waals surface area contributed by atoms with Crippen LogP contribution in [0.5, 0.6) is 0 Å². The highest BCUT2D eigenvalue weighted by atomic mass is 35.5. The molecule has 0 aromatic heterocycles. The topological polar surface area (TPSA) is 15.3 Å². The van der Waals surface area contributed by atoms with Gasteiger partial charge in [0.05, 0.1) is 6.04 Å². The van der Waals surface area contributed by atoms with Gasteiger partial charge >= 0.3 is 0 Å². The zero-order valence-corrected chi connectivity index (χ0v) is 13.5. The van der Waals surface area contributed by atoms with Gasteiger partial charge in [-0.2, -0.15) is 0 Å². The highest BCUT2D eigenvalue weighted by molar-refractivity contribution is 6.30. The molecule has 0 spiro atoms. The number of hydrazine groups is 1. The molecule has 2 atom stereocenters. The molecule has 1 N–H and O–H groups in total. The summed E-state index contributed by atoms with van der Waals surface area (Å²) in [6.07, 6.45) is 1.05. The van der Waals surface area contributed by atoms with Crippen molar-refractivity contribution < 1.29 is 0 Å². The van der Waals surface area contributed by atoms with Gasteiger partial charge in [0.25, 0.3) is 0 Å². The highest BCUT2D eigenvalue weighted by Gasteiger charge is 2.27. The van der Waals surface area contributed by atoms with Gasteiger partial charge in [-0.1, -0.05) is 47.5 Å². The van der Waals surface area contributed by atoms with Crippen molar-refractivity contribution in [2.24, 2.45) is 0 Å². The van der Waals surface area contributed by atoms with E-state index >= 15 is 0 Å². The predicted molar refractivity (Wildman–Crippen MR) is 88.5 cm³/mol. The summed E-state index contributed by atoms with van der Waals surface area (Å²) in [6, 6.07) is 15.6. The van der Waals surface area contributed by atoms with Crippen LogP contribution in [0.25, 0.3) is 0 Å². The van der Waals surface area contributed by atoms with E-state index in [1.54, 1.807) is 0 Å². The standard InChI is InChI=1S/C18H21ClN2/c1-12-4-5-15-11-13(2)20-21(3)18(17(15)10-12)14-6-8-16(19)9-7-14/h4-10,13,18,20H,11H2,1-3H3. The lowest BCUT2D eigenvalue weighted by Crippen LogP contribution is -2.42. The number of hydrogen-bond acceptors (Lipinski definition) is 2. The molecule has 2 aromatic carbocycles. The maximum atomic E-state index is 6.04. The quantitative estimate of drug-likeness (QED) is 0.852. The number of benzene rings is 2. The molecule has 3 rings (SSSR count). The summed E-state index contributed by atoms with van der Waals surface area (Å²) >= 11 is 6.04. The van der Waals surface area contributed by atoms with E-state index in [0.717, 1.165) is 11.4 Å². The maximum Gasteiger partial charge on any atom is 0.0742 e. The van der Waals surface area contributed by atoms with E-state index < -0.39 is 0 Å². The van der Waals surface area contributed by atoms with Crippen LogP contribution in [0.2, 0.25) is 5.02 Å². The third-order valence-electron chi connectivity index (χ3n) is 4.12. The molecule has 0 saturated heterocycles. The van der Waals surface area contributed by atoms with Crippen molar-refractivity contribution in [2.75, 3.05) is 7.05 Å². The molecule has 110 valence electrons. The second-order valence-electron chi connectivity index (χ2n) is 6.00. The van der Waals surface area contributed by atoms with Crippen LogP contribution in [0, 0.1) is 6.92 Å². The Kier molecular flexibility index (Phi) is 4.03. The Bertz CT molecular complexity index is 636. The minimum absolute atomic E-state index is 0.210. The van der Waals surface area contributed by atoms with E-state index in [1.165, 1.54) is 22.3 Å². The van der Waals surface area contributed by atoms with Crippen molar-refractivity contribution >= 4 is 11.6 Å². The van der Waals surface area contributed by atoms with E-state index in [1.807, 2.05) is 12.1 Å². The molecular formula is C18H21ClN2. The molecular weight excluding hydrogens is 280 g/mol. The maximum absolute atomic E-state index is 6.04. The van der Waals surface area contributed by atoms with Gasteiger partial charge < -0.3 is 0 Å². The molecule has 2 unspecified atom stereocenters. The molecule has 0 amide bonds. The minimum atomic E-state index is 0.210. The SMILES string of the molecule is Cc1ccc2c(c1)C(c1ccc(Cl)cc1)N(C)NC(C)C2. The first-order valence-electron chi connectivity index (χ1n) is 7.38. The van der Waals surface area contributed by atoms with E-state index in [-0.39, 0.29) is 6.04 Å². The van der Waals surface area contributed by atoms with Crippen LogP contribution in [0.3, 0.4) is 0 Å². The molecule has 1 aliphatic heterocycles. The Morgan fingerprint density at radius 3 is 2.57 bits per heavy atom. The smallest absolute Gasteiger partial charge is 0.0742 e. The summed E-state index contributed by atoms with van der Waals surface area (Å²) < 4.78 is 0. The molecule has 2 aromatic rings. The lowest BCUT2D eigenvalue weighted by atomic mass is 9.91. The second kappa shape index (κ2) is 5.80. The van der Waals surface area contributed by atoms with E-state index in [9.17, 15) is 0 Å². The summed E-state index contributed by atoms with van der Waals surface area (Å²) in [5, 5.41) is 3.00. The molecule has 1 aliphatic rings. The first-order valence-corrected chi connectivity index (χ1v) is 7.76. The monoisotopic (exact) mass is 300 g/mol. The van der Waals surface area contributed by atoms with Gasteiger partial charge in [-0.05, 0) is 49.1 Å². The van der Waals surface area contributed by atoms with Crippen LogP contribution in [-0.4, -0.2) is 18.1 Å². The Labute approximate surface area is 131 Å². The number of halogens is 1. The summed E-state index contributed by atoms with van der Waals surface area (Å²) in [5.74, 6) is 0. The fraction of sp³-hybridized carbons (Fsp3) is 0.333. The van der Waals surface area contributed by atoms with Crippen molar-refractivity contribution in [3.05, 3.63) is 69.7 Å². The van der Waals surface area contributed by atoms with Crippen LogP contribution in [0.4, 0.5) is 0 Å². The zero-order valence-electron chi connectivity index (χ0n) is 12.7. The third kappa shape index (κ3) is 2.98. The van der Waals surface area contributed by atoms with E-state index in [0.29, 0.717) is 6.04 Å². The van der Waals surface area contributed by atoms with Crippen molar-refractivity contribution in [3.63, 3.8) is 0 Å². The fourth-order valence-electron chi connectivity index (χ4n) is 3.21. The van der Waals surface area contributed by atoms with Gasteiger partial charge in [0, 0.05) is 18.1 Å². The number of nitrogens with zero attached hydrogens (tertiary/aromatic N) is 1. The van der Waals surface area contributed by atoms with Crippen LogP contribution in [0.1, 0.15) is 35.2 Å². The lowest BCUT2D eigenvalue weighted by molar-refractivity contribution is 0.172. The Hall–Kier alpha value is -1.35. The average Bonchev–Trinajstić information content (AvgIpc) is 2.55. The molecule has 0 radical (unpaired) electrons. The van der Waals surface area contributed by atoms with Crippen LogP contribution >= 0.6 is 11.6 Å². The van der Waals surface area contributed by atoms with E-state index in [4.69, 9.17) is 11.6 Å². The molecule has 2 nitrogen and oxygen atoms in total. The molecule has 0 aliphatic carbocycles. The summed E-state index contributed by atoms with van der Waals surface area (Å²) in [5.41, 5.74) is 8.94. The number of rotatable bonds is 1. The first kappa shape index (κ1) is 14.6. The Morgan fingerprint density at radius 2 is 1.86 bits per heavy atom. The predicted octanol–water partition coefficient (Wildman–Crippen LogP) is 4.12. The minimum Gasteiger partial charge on any atom is -0.251 e. The van der Waals surface area contributed by atoms with Gasteiger partial charge in [0.2, 0.25) is 0 Å². The van der Waals surface area contributed by atoms with E-state index in [2.05, 4.69) is 61.7 Å². The van der Waals surface area contributed by atoms with Gasteiger partial charge in [-0.15, -0.1) is 0 Å². The Balaban J connectivity index is 2.13. The second-order valence-corrected chi connectivity index (χ2v) is 6.44. The summed E-state index contributed by atoms with van der Waals surface area (Å²) in [7, 11) is 2.12. The van der Waals surface area contributed by atoms with Gasteiger partial charge in [-0.3, -0.25) is 5.43 Å². The fourth-order valence-corrected chi connectivity index (χ4v) is 3.34.